The highest BCUT2D eigenvalue weighted by Gasteiger charge is 2.24. The van der Waals surface area contributed by atoms with Crippen molar-refractivity contribution in [2.45, 2.75) is 19.4 Å². The number of carbonyl (C=O) groups excluding carboxylic acids is 1. The first-order chi connectivity index (χ1) is 11.6. The van der Waals surface area contributed by atoms with Crippen molar-refractivity contribution in [3.63, 3.8) is 0 Å². The summed E-state index contributed by atoms with van der Waals surface area (Å²) in [6, 6.07) is 5.72. The van der Waals surface area contributed by atoms with Gasteiger partial charge in [-0.25, -0.2) is 0 Å². The van der Waals surface area contributed by atoms with E-state index >= 15 is 0 Å². The largest absolute Gasteiger partial charge is 0.482 e. The summed E-state index contributed by atoms with van der Waals surface area (Å²) < 4.78 is 5.47. The van der Waals surface area contributed by atoms with Gasteiger partial charge in [0.2, 0.25) is 0 Å². The number of nitrogens with one attached hydrogen (secondary N) is 1. The van der Waals surface area contributed by atoms with E-state index < -0.39 is 0 Å². The Balaban J connectivity index is 1.71. The zero-order valence-corrected chi connectivity index (χ0v) is 14.3. The van der Waals surface area contributed by atoms with E-state index in [4.69, 9.17) is 4.74 Å². The number of aromatic nitrogens is 1. The number of hydrogen-bond acceptors (Lipinski definition) is 5. The summed E-state index contributed by atoms with van der Waals surface area (Å²) in [5.41, 5.74) is 2.50. The summed E-state index contributed by atoms with van der Waals surface area (Å²) in [5.74, 6) is 0.621. The van der Waals surface area contributed by atoms with Crippen LogP contribution in [0.25, 0.3) is 11.3 Å². The Kier molecular flexibility index (Phi) is 3.90. The Bertz CT molecular complexity index is 836. The molecule has 1 aromatic heterocycles. The van der Waals surface area contributed by atoms with Crippen LogP contribution >= 0.6 is 11.3 Å². The van der Waals surface area contributed by atoms with Gasteiger partial charge < -0.3 is 14.6 Å². The van der Waals surface area contributed by atoms with Crippen LogP contribution in [0.1, 0.15) is 17.7 Å². The van der Waals surface area contributed by atoms with Crippen LogP contribution in [0, 0.1) is 0 Å². The molecule has 6 nitrogen and oxygen atoms in total. The molecule has 0 unspecified atom stereocenters. The Morgan fingerprint density at radius 3 is 2.83 bits per heavy atom. The predicted molar refractivity (Wildman–Crippen MR) is 93.8 cm³/mol. The van der Waals surface area contributed by atoms with Crippen molar-refractivity contribution in [3.05, 3.63) is 32.7 Å². The first-order valence-electron chi connectivity index (χ1n) is 8.10. The van der Waals surface area contributed by atoms with Crippen molar-refractivity contribution in [2.75, 3.05) is 31.6 Å². The molecule has 0 aliphatic carbocycles. The zero-order chi connectivity index (χ0) is 16.7. The number of ether oxygens (including phenoxy) is 1. The molecular formula is C17H19N3O3S. The molecule has 4 rings (SSSR count). The van der Waals surface area contributed by atoms with Gasteiger partial charge in [0, 0.05) is 24.0 Å². The minimum Gasteiger partial charge on any atom is -0.482 e. The van der Waals surface area contributed by atoms with Gasteiger partial charge in [0.25, 0.3) is 5.91 Å². The molecule has 2 aromatic rings. The number of fused-ring (bicyclic) bond motifs is 1. The Hall–Kier alpha value is -2.12. The number of benzene rings is 1. The summed E-state index contributed by atoms with van der Waals surface area (Å²) in [6.45, 7) is 3.03. The molecule has 2 aliphatic rings. The number of rotatable bonds is 3. The number of aromatic amines is 1. The van der Waals surface area contributed by atoms with Crippen LogP contribution in [-0.4, -0.2) is 42.5 Å². The fourth-order valence-corrected chi connectivity index (χ4v) is 4.17. The number of thiazole rings is 1. The molecule has 1 fully saturated rings. The number of anilines is 1. The van der Waals surface area contributed by atoms with Gasteiger partial charge in [-0.2, -0.15) is 0 Å². The van der Waals surface area contributed by atoms with E-state index in [1.807, 2.05) is 18.2 Å². The molecule has 3 heterocycles. The maximum atomic E-state index is 11.9. The summed E-state index contributed by atoms with van der Waals surface area (Å²) in [7, 11) is 1.75. The fourth-order valence-electron chi connectivity index (χ4n) is 3.28. The maximum Gasteiger partial charge on any atom is 0.305 e. The summed E-state index contributed by atoms with van der Waals surface area (Å²) in [4.78, 5) is 31.7. The van der Waals surface area contributed by atoms with E-state index in [0.29, 0.717) is 5.75 Å². The van der Waals surface area contributed by atoms with Gasteiger partial charge >= 0.3 is 4.87 Å². The van der Waals surface area contributed by atoms with Crippen molar-refractivity contribution < 1.29 is 9.53 Å². The number of likely N-dealkylation sites (N-methyl/N-ethyl adjacent to an activating group) is 1. The van der Waals surface area contributed by atoms with Crippen molar-refractivity contribution in [1.29, 1.82) is 0 Å². The number of hydrogen-bond donors (Lipinski definition) is 1. The van der Waals surface area contributed by atoms with E-state index in [0.717, 1.165) is 41.5 Å². The highest BCUT2D eigenvalue weighted by atomic mass is 32.1. The predicted octanol–water partition coefficient (Wildman–Crippen LogP) is 2.05. The third kappa shape index (κ3) is 2.74. The van der Waals surface area contributed by atoms with E-state index in [1.54, 1.807) is 11.9 Å². The zero-order valence-electron chi connectivity index (χ0n) is 13.5. The van der Waals surface area contributed by atoms with E-state index in [-0.39, 0.29) is 17.4 Å². The lowest BCUT2D eigenvalue weighted by atomic mass is 10.1. The minimum absolute atomic E-state index is 0.0439. The molecule has 1 amide bonds. The standard InChI is InChI=1S/C17H19N3O3S/c1-19-12-8-11(4-5-13(12)23-10-15(19)21)16-14(24-17(22)18-16)9-20-6-2-3-7-20/h4-5,8H,2-3,6-7,9-10H2,1H3,(H,18,22). The van der Waals surface area contributed by atoms with Gasteiger partial charge in [-0.1, -0.05) is 11.3 Å². The highest BCUT2D eigenvalue weighted by Crippen LogP contribution is 2.36. The lowest BCUT2D eigenvalue weighted by Gasteiger charge is -2.26. The highest BCUT2D eigenvalue weighted by molar-refractivity contribution is 7.09. The number of nitrogens with zero attached hydrogens (tertiary/aromatic N) is 2. The lowest BCUT2D eigenvalue weighted by molar-refractivity contribution is -0.120. The number of amides is 1. The fraction of sp³-hybridized carbons (Fsp3) is 0.412. The molecule has 0 saturated carbocycles. The monoisotopic (exact) mass is 345 g/mol. The molecule has 2 aliphatic heterocycles. The van der Waals surface area contributed by atoms with Crippen molar-refractivity contribution in [2.24, 2.45) is 0 Å². The van der Waals surface area contributed by atoms with Gasteiger partial charge in [0.1, 0.15) is 5.75 Å². The molecule has 7 heteroatoms. The van der Waals surface area contributed by atoms with Gasteiger partial charge in [0.15, 0.2) is 6.61 Å². The summed E-state index contributed by atoms with van der Waals surface area (Å²) in [6.07, 6.45) is 2.44. The molecule has 1 N–H and O–H groups in total. The molecule has 1 aromatic carbocycles. The Morgan fingerprint density at radius 1 is 1.25 bits per heavy atom. The Labute approximate surface area is 143 Å². The van der Waals surface area contributed by atoms with Crippen molar-refractivity contribution >= 4 is 22.9 Å². The molecule has 0 spiro atoms. The normalized spacial score (nSPS) is 17.9. The van der Waals surface area contributed by atoms with Crippen LogP contribution in [0.5, 0.6) is 5.75 Å². The Morgan fingerprint density at radius 2 is 2.04 bits per heavy atom. The lowest BCUT2D eigenvalue weighted by Crippen LogP contribution is -2.35. The van der Waals surface area contributed by atoms with Crippen LogP contribution in [-0.2, 0) is 11.3 Å². The molecule has 126 valence electrons. The SMILES string of the molecule is CN1C(=O)COc2ccc(-c3[nH]c(=O)sc3CN3CCCC3)cc21. The average Bonchev–Trinajstić information content (AvgIpc) is 3.21. The smallest absolute Gasteiger partial charge is 0.305 e. The topological polar surface area (TPSA) is 65.6 Å². The van der Waals surface area contributed by atoms with Crippen LogP contribution in [0.3, 0.4) is 0 Å². The third-order valence-corrected chi connectivity index (χ3v) is 5.49. The second kappa shape index (κ2) is 6.07. The molecular weight excluding hydrogens is 326 g/mol. The van der Waals surface area contributed by atoms with Crippen LogP contribution in [0.2, 0.25) is 0 Å². The van der Waals surface area contributed by atoms with E-state index in [1.165, 1.54) is 24.2 Å². The molecule has 0 radical (unpaired) electrons. The van der Waals surface area contributed by atoms with E-state index in [2.05, 4.69) is 9.88 Å². The van der Waals surface area contributed by atoms with Crippen LogP contribution in [0.4, 0.5) is 5.69 Å². The second-order valence-corrected chi connectivity index (χ2v) is 7.29. The van der Waals surface area contributed by atoms with Gasteiger partial charge in [-0.15, -0.1) is 0 Å². The quantitative estimate of drug-likeness (QED) is 0.925. The van der Waals surface area contributed by atoms with Crippen LogP contribution in [0.15, 0.2) is 23.0 Å². The molecule has 0 atom stereocenters. The minimum atomic E-state index is -0.0734. The third-order valence-electron chi connectivity index (χ3n) is 4.62. The average molecular weight is 345 g/mol. The molecule has 0 bridgehead atoms. The first kappa shape index (κ1) is 15.4. The van der Waals surface area contributed by atoms with Gasteiger partial charge in [-0.3, -0.25) is 14.5 Å². The van der Waals surface area contributed by atoms with Crippen molar-refractivity contribution in [1.82, 2.24) is 9.88 Å². The molecule has 24 heavy (non-hydrogen) atoms. The summed E-state index contributed by atoms with van der Waals surface area (Å²) in [5, 5.41) is 0. The number of H-pyrrole nitrogens is 1. The van der Waals surface area contributed by atoms with Crippen LogP contribution < -0.4 is 14.5 Å². The number of carbonyl (C=O) groups is 1. The first-order valence-corrected chi connectivity index (χ1v) is 8.91. The van der Waals surface area contributed by atoms with E-state index in [9.17, 15) is 9.59 Å². The summed E-state index contributed by atoms with van der Waals surface area (Å²) >= 11 is 1.27. The maximum absolute atomic E-state index is 11.9. The van der Waals surface area contributed by atoms with Crippen molar-refractivity contribution in [3.8, 4) is 17.0 Å². The molecule has 1 saturated heterocycles. The number of likely N-dealkylation sites (tertiary alicyclic amines) is 1. The second-order valence-electron chi connectivity index (χ2n) is 6.22. The van der Waals surface area contributed by atoms with Gasteiger partial charge in [-0.05, 0) is 44.1 Å². The van der Waals surface area contributed by atoms with Gasteiger partial charge in [0.05, 0.1) is 11.4 Å².